The lowest BCUT2D eigenvalue weighted by atomic mass is 10.2. The van der Waals surface area contributed by atoms with E-state index in [4.69, 9.17) is 27.9 Å². The van der Waals surface area contributed by atoms with Crippen molar-refractivity contribution in [2.75, 3.05) is 6.54 Å². The number of nitrogens with one attached hydrogen (secondary N) is 2. The van der Waals surface area contributed by atoms with Crippen molar-refractivity contribution in [2.45, 2.75) is 6.92 Å². The number of pyridine rings is 1. The molecule has 2 N–H and O–H groups in total. The first-order chi connectivity index (χ1) is 10.5. The predicted octanol–water partition coefficient (Wildman–Crippen LogP) is 4.27. The van der Waals surface area contributed by atoms with Crippen molar-refractivity contribution in [3.05, 3.63) is 34.2 Å². The lowest BCUT2D eigenvalue weighted by Gasteiger charge is -2.06. The Bertz CT molecular complexity index is 895. The molecule has 0 saturated heterocycles. The molecule has 0 unspecified atom stereocenters. The zero-order valence-corrected chi connectivity index (χ0v) is 12.8. The van der Waals surface area contributed by atoms with Crippen LogP contribution in [0.1, 0.15) is 6.92 Å². The van der Waals surface area contributed by atoms with E-state index in [1.165, 1.54) is 12.3 Å². The maximum Gasteiger partial charge on any atom is 0.412 e. The van der Waals surface area contributed by atoms with Gasteiger partial charge in [-0.3, -0.25) is 0 Å². The van der Waals surface area contributed by atoms with Gasteiger partial charge in [-0.05, 0) is 13.0 Å². The summed E-state index contributed by atoms with van der Waals surface area (Å²) >= 11 is 12.1. The van der Waals surface area contributed by atoms with E-state index in [-0.39, 0.29) is 15.8 Å². The summed E-state index contributed by atoms with van der Waals surface area (Å²) in [7, 11) is 0. The van der Waals surface area contributed by atoms with Gasteiger partial charge in [0.25, 0.3) is 0 Å². The lowest BCUT2D eigenvalue weighted by Crippen LogP contribution is -2.26. The highest BCUT2D eigenvalue weighted by Gasteiger charge is 2.17. The van der Waals surface area contributed by atoms with Gasteiger partial charge in [-0.2, -0.15) is 0 Å². The van der Waals surface area contributed by atoms with Gasteiger partial charge < -0.3 is 15.0 Å². The molecule has 5 nitrogen and oxygen atoms in total. The summed E-state index contributed by atoms with van der Waals surface area (Å²) in [4.78, 5) is 18.6. The number of rotatable bonds is 2. The predicted molar refractivity (Wildman–Crippen MR) is 83.3 cm³/mol. The average molecular weight is 342 g/mol. The molecule has 0 bridgehead atoms. The van der Waals surface area contributed by atoms with Crippen molar-refractivity contribution in [1.29, 1.82) is 0 Å². The van der Waals surface area contributed by atoms with Gasteiger partial charge in [0, 0.05) is 29.6 Å². The second-order valence-electron chi connectivity index (χ2n) is 4.52. The minimum Gasteiger partial charge on any atom is -0.408 e. The molecular weight excluding hydrogens is 332 g/mol. The number of hydrogen-bond acceptors (Lipinski definition) is 3. The summed E-state index contributed by atoms with van der Waals surface area (Å²) in [6, 6.07) is 2.39. The Balaban J connectivity index is 2.26. The summed E-state index contributed by atoms with van der Waals surface area (Å²) < 4.78 is 19.0. The zero-order chi connectivity index (χ0) is 15.9. The van der Waals surface area contributed by atoms with E-state index in [0.29, 0.717) is 28.5 Å². The fraction of sp³-hybridized carbons (Fsp3) is 0.143. The molecule has 1 amide bonds. The maximum atomic E-state index is 13.8. The molecule has 0 aliphatic rings. The first-order valence-electron chi connectivity index (χ1n) is 6.42. The Hall–Kier alpha value is -2.05. The number of halogens is 3. The molecule has 0 atom stereocenters. The fourth-order valence-electron chi connectivity index (χ4n) is 2.19. The molecular formula is C14H10Cl2FN3O2. The number of nitrogens with zero attached hydrogens (tertiary/aromatic N) is 1. The molecule has 0 aliphatic carbocycles. The number of aromatic nitrogens is 2. The van der Waals surface area contributed by atoms with Crippen LogP contribution in [-0.4, -0.2) is 22.6 Å². The number of fused-ring (bicyclic) bond motifs is 3. The van der Waals surface area contributed by atoms with E-state index in [9.17, 15) is 9.18 Å². The van der Waals surface area contributed by atoms with E-state index >= 15 is 0 Å². The minimum atomic E-state index is -0.676. The summed E-state index contributed by atoms with van der Waals surface area (Å²) in [5.41, 5.74) is 0.843. The molecule has 22 heavy (non-hydrogen) atoms. The van der Waals surface area contributed by atoms with E-state index in [2.05, 4.69) is 15.3 Å². The zero-order valence-electron chi connectivity index (χ0n) is 11.3. The molecule has 1 aromatic carbocycles. The van der Waals surface area contributed by atoms with Crippen molar-refractivity contribution in [3.63, 3.8) is 0 Å². The lowest BCUT2D eigenvalue weighted by molar-refractivity contribution is 0.201. The molecule has 0 fully saturated rings. The van der Waals surface area contributed by atoms with Crippen LogP contribution in [0.4, 0.5) is 9.18 Å². The second-order valence-corrected chi connectivity index (χ2v) is 5.30. The number of carbonyl (C=O) groups excluding carboxylic acids is 1. The van der Waals surface area contributed by atoms with Gasteiger partial charge in [-0.25, -0.2) is 14.2 Å². The van der Waals surface area contributed by atoms with Gasteiger partial charge in [-0.1, -0.05) is 23.2 Å². The fourth-order valence-corrected chi connectivity index (χ4v) is 2.58. The van der Waals surface area contributed by atoms with Crippen LogP contribution in [0.15, 0.2) is 18.3 Å². The molecule has 0 spiro atoms. The van der Waals surface area contributed by atoms with Crippen molar-refractivity contribution in [1.82, 2.24) is 15.3 Å². The highest BCUT2D eigenvalue weighted by Crippen LogP contribution is 2.38. The first-order valence-corrected chi connectivity index (χ1v) is 7.17. The van der Waals surface area contributed by atoms with Crippen molar-refractivity contribution in [3.8, 4) is 5.75 Å². The van der Waals surface area contributed by atoms with E-state index in [0.717, 1.165) is 6.07 Å². The number of hydrogen-bond donors (Lipinski definition) is 2. The van der Waals surface area contributed by atoms with Crippen LogP contribution in [0, 0.1) is 5.82 Å². The third-order valence-electron chi connectivity index (χ3n) is 3.08. The summed E-state index contributed by atoms with van der Waals surface area (Å²) in [6.07, 6.45) is 0.715. The molecule has 2 aromatic heterocycles. The number of aromatic amines is 1. The highest BCUT2D eigenvalue weighted by atomic mass is 35.5. The Labute approximate surface area is 134 Å². The highest BCUT2D eigenvalue weighted by molar-refractivity contribution is 6.46. The van der Waals surface area contributed by atoms with Crippen molar-refractivity contribution < 1.29 is 13.9 Å². The largest absolute Gasteiger partial charge is 0.412 e. The maximum absolute atomic E-state index is 13.8. The molecule has 8 heteroatoms. The Kier molecular flexibility index (Phi) is 3.80. The molecule has 0 saturated carbocycles. The minimum absolute atomic E-state index is 0.0474. The number of amides is 1. The molecule has 0 aliphatic heterocycles. The third-order valence-corrected chi connectivity index (χ3v) is 3.85. The number of carbonyl (C=O) groups is 1. The second kappa shape index (κ2) is 5.62. The summed E-state index contributed by atoms with van der Waals surface area (Å²) in [6.45, 7) is 2.14. The number of ether oxygens (including phenoxy) is 1. The van der Waals surface area contributed by atoms with Crippen molar-refractivity contribution >= 4 is 51.2 Å². The van der Waals surface area contributed by atoms with Gasteiger partial charge in [0.1, 0.15) is 11.5 Å². The van der Waals surface area contributed by atoms with Crippen LogP contribution in [0.2, 0.25) is 10.0 Å². The summed E-state index contributed by atoms with van der Waals surface area (Å²) in [5.74, 6) is -0.519. The molecule has 114 valence electrons. The van der Waals surface area contributed by atoms with Crippen LogP contribution in [0.5, 0.6) is 5.75 Å². The van der Waals surface area contributed by atoms with Gasteiger partial charge in [0.05, 0.1) is 15.6 Å². The summed E-state index contributed by atoms with van der Waals surface area (Å²) in [5, 5.41) is 3.90. The van der Waals surface area contributed by atoms with E-state index in [1.54, 1.807) is 6.92 Å². The van der Waals surface area contributed by atoms with Crippen LogP contribution < -0.4 is 10.1 Å². The van der Waals surface area contributed by atoms with Gasteiger partial charge >= 0.3 is 6.09 Å². The van der Waals surface area contributed by atoms with Crippen LogP contribution in [-0.2, 0) is 0 Å². The normalized spacial score (nSPS) is 11.1. The van der Waals surface area contributed by atoms with E-state index in [1.807, 2.05) is 0 Å². The van der Waals surface area contributed by atoms with Gasteiger partial charge in [0.15, 0.2) is 5.75 Å². The van der Waals surface area contributed by atoms with Gasteiger partial charge in [-0.15, -0.1) is 0 Å². The standard InChI is InChI=1S/C14H10Cl2FN3O2/c1-2-18-14(21)22-9-4-6(17)3-7-10-11(16)8(15)5-19-13(10)20-12(7)9/h3-5H,2H2,1H3,(H,18,21)(H,19,20). The molecule has 3 aromatic rings. The SMILES string of the molecule is CCNC(=O)Oc1cc(F)cc2c1[nH]c1ncc(Cl)c(Cl)c12. The van der Waals surface area contributed by atoms with Crippen molar-refractivity contribution in [2.24, 2.45) is 0 Å². The molecule has 3 rings (SSSR count). The van der Waals surface area contributed by atoms with Crippen LogP contribution in [0.3, 0.4) is 0 Å². The Morgan fingerprint density at radius 3 is 2.95 bits per heavy atom. The average Bonchev–Trinajstić information content (AvgIpc) is 2.82. The Morgan fingerprint density at radius 2 is 2.23 bits per heavy atom. The Morgan fingerprint density at radius 1 is 1.45 bits per heavy atom. The van der Waals surface area contributed by atoms with Crippen LogP contribution >= 0.6 is 23.2 Å². The van der Waals surface area contributed by atoms with Crippen LogP contribution in [0.25, 0.3) is 21.9 Å². The molecule has 2 heterocycles. The molecule has 0 radical (unpaired) electrons. The number of H-pyrrole nitrogens is 1. The topological polar surface area (TPSA) is 67.0 Å². The quantitative estimate of drug-likeness (QED) is 0.731. The van der Waals surface area contributed by atoms with E-state index < -0.39 is 11.9 Å². The first kappa shape index (κ1) is 14.9. The monoisotopic (exact) mass is 341 g/mol. The third kappa shape index (κ3) is 2.44. The smallest absolute Gasteiger partial charge is 0.408 e. The van der Waals surface area contributed by atoms with Gasteiger partial charge in [0.2, 0.25) is 0 Å². The number of benzene rings is 1.